The SMILES string of the molecule is CN1C(=O)C(C(=O)c2cccs2)C(N)=[N+](C)C1=O. The summed E-state index contributed by atoms with van der Waals surface area (Å²) in [4.78, 5) is 37.2. The minimum Gasteiger partial charge on any atom is -0.321 e. The van der Waals surface area contributed by atoms with Gasteiger partial charge in [0.15, 0.2) is 5.78 Å². The molecule has 1 aliphatic rings. The number of thiophene rings is 1. The van der Waals surface area contributed by atoms with E-state index in [4.69, 9.17) is 5.73 Å². The molecule has 1 atom stereocenters. The Morgan fingerprint density at radius 3 is 2.72 bits per heavy atom. The van der Waals surface area contributed by atoms with Gasteiger partial charge >= 0.3 is 11.9 Å². The molecule has 0 fully saturated rings. The first-order chi connectivity index (χ1) is 8.45. The fourth-order valence-corrected chi connectivity index (χ4v) is 2.45. The topological polar surface area (TPSA) is 83.5 Å². The van der Waals surface area contributed by atoms with Crippen molar-refractivity contribution in [2.24, 2.45) is 11.7 Å². The van der Waals surface area contributed by atoms with Crippen LogP contribution in [0.1, 0.15) is 9.67 Å². The Morgan fingerprint density at radius 2 is 2.17 bits per heavy atom. The molecule has 0 bridgehead atoms. The molecule has 18 heavy (non-hydrogen) atoms. The molecule has 2 heterocycles. The standard InChI is InChI=1S/C11H11N3O3S/c1-13-9(12)7(10(16)14(2)11(13)17)8(15)6-4-3-5-18-6/h3-5,7,12H,1-2H3/p+1. The van der Waals surface area contributed by atoms with Crippen LogP contribution in [0.15, 0.2) is 17.5 Å². The average Bonchev–Trinajstić information content (AvgIpc) is 2.88. The lowest BCUT2D eigenvalue weighted by Gasteiger charge is -2.22. The molecule has 1 aromatic heterocycles. The van der Waals surface area contributed by atoms with E-state index in [1.807, 2.05) is 0 Å². The quantitative estimate of drug-likeness (QED) is 0.469. The predicted octanol–water partition coefficient (Wildman–Crippen LogP) is 0.139. The Kier molecular flexibility index (Phi) is 3.00. The molecule has 7 heteroatoms. The van der Waals surface area contributed by atoms with E-state index in [1.54, 1.807) is 17.5 Å². The van der Waals surface area contributed by atoms with Crippen LogP contribution in [-0.2, 0) is 4.79 Å². The van der Waals surface area contributed by atoms with Gasteiger partial charge < -0.3 is 5.73 Å². The molecule has 2 rings (SSSR count). The predicted molar refractivity (Wildman–Crippen MR) is 65.7 cm³/mol. The minimum atomic E-state index is -1.11. The molecule has 0 aliphatic carbocycles. The van der Waals surface area contributed by atoms with E-state index in [0.717, 1.165) is 9.48 Å². The van der Waals surface area contributed by atoms with Crippen LogP contribution in [-0.4, -0.2) is 47.1 Å². The number of rotatable bonds is 2. The third-order valence-electron chi connectivity index (χ3n) is 2.86. The van der Waals surface area contributed by atoms with Crippen LogP contribution in [0, 0.1) is 5.92 Å². The highest BCUT2D eigenvalue weighted by molar-refractivity contribution is 7.12. The van der Waals surface area contributed by atoms with Gasteiger partial charge in [-0.3, -0.25) is 9.59 Å². The van der Waals surface area contributed by atoms with E-state index in [0.29, 0.717) is 4.88 Å². The summed E-state index contributed by atoms with van der Waals surface area (Å²) in [6.45, 7) is 0. The number of imide groups is 1. The molecule has 0 aromatic carbocycles. The summed E-state index contributed by atoms with van der Waals surface area (Å²) < 4.78 is 1.12. The van der Waals surface area contributed by atoms with Gasteiger partial charge in [-0.2, -0.15) is 4.90 Å². The zero-order chi connectivity index (χ0) is 13.4. The van der Waals surface area contributed by atoms with Crippen LogP contribution in [0.25, 0.3) is 0 Å². The lowest BCUT2D eigenvalue weighted by atomic mass is 9.98. The molecule has 0 spiro atoms. The van der Waals surface area contributed by atoms with Crippen molar-refractivity contribution in [1.29, 1.82) is 0 Å². The molecular weight excluding hydrogens is 254 g/mol. The van der Waals surface area contributed by atoms with Crippen molar-refractivity contribution in [2.45, 2.75) is 0 Å². The zero-order valence-corrected chi connectivity index (χ0v) is 10.7. The average molecular weight is 266 g/mol. The van der Waals surface area contributed by atoms with E-state index < -0.39 is 17.9 Å². The Morgan fingerprint density at radius 1 is 1.50 bits per heavy atom. The first-order valence-corrected chi connectivity index (χ1v) is 6.08. The van der Waals surface area contributed by atoms with E-state index in [9.17, 15) is 14.4 Å². The molecule has 94 valence electrons. The van der Waals surface area contributed by atoms with Crippen LogP contribution in [0.2, 0.25) is 0 Å². The van der Waals surface area contributed by atoms with Gasteiger partial charge in [-0.15, -0.1) is 11.3 Å². The minimum absolute atomic E-state index is 0.0264. The summed E-state index contributed by atoms with van der Waals surface area (Å²) in [5, 5.41) is 1.75. The van der Waals surface area contributed by atoms with E-state index in [2.05, 4.69) is 0 Å². The number of carbonyl (C=O) groups excluding carboxylic acids is 3. The largest absolute Gasteiger partial charge is 0.445 e. The van der Waals surface area contributed by atoms with Crippen LogP contribution < -0.4 is 5.73 Å². The van der Waals surface area contributed by atoms with E-state index in [-0.39, 0.29) is 11.6 Å². The zero-order valence-electron chi connectivity index (χ0n) is 9.91. The van der Waals surface area contributed by atoms with Crippen molar-refractivity contribution in [2.75, 3.05) is 14.1 Å². The van der Waals surface area contributed by atoms with Crippen molar-refractivity contribution < 1.29 is 19.0 Å². The highest BCUT2D eigenvalue weighted by atomic mass is 32.1. The number of urea groups is 1. The molecule has 1 aromatic rings. The number of nitrogens with two attached hydrogens (primary N) is 1. The summed E-state index contributed by atoms with van der Waals surface area (Å²) in [5.41, 5.74) is 5.73. The lowest BCUT2D eigenvalue weighted by molar-refractivity contribution is -0.407. The van der Waals surface area contributed by atoms with Crippen LogP contribution in [0.4, 0.5) is 4.79 Å². The third kappa shape index (κ3) is 1.72. The molecule has 1 aliphatic heterocycles. The second-order valence-corrected chi connectivity index (χ2v) is 4.89. The molecule has 1 unspecified atom stereocenters. The number of amidine groups is 1. The molecular formula is C11H12N3O3S+. The molecule has 0 saturated heterocycles. The Balaban J connectivity index is 2.47. The van der Waals surface area contributed by atoms with Gasteiger partial charge in [0, 0.05) is 0 Å². The van der Waals surface area contributed by atoms with E-state index in [1.165, 1.54) is 25.4 Å². The summed E-state index contributed by atoms with van der Waals surface area (Å²) in [5.74, 6) is -2.11. The van der Waals surface area contributed by atoms with Crippen molar-refractivity contribution >= 4 is 34.9 Å². The fraction of sp³-hybridized carbons (Fsp3) is 0.273. The van der Waals surface area contributed by atoms with Crippen molar-refractivity contribution in [1.82, 2.24) is 4.90 Å². The van der Waals surface area contributed by atoms with Crippen molar-refractivity contribution in [3.05, 3.63) is 22.4 Å². The number of ketones is 1. The van der Waals surface area contributed by atoms with Gasteiger partial charge in [0.25, 0.3) is 0 Å². The Labute approximate surface area is 107 Å². The van der Waals surface area contributed by atoms with Gasteiger partial charge in [-0.05, 0) is 11.4 Å². The maximum atomic E-state index is 12.2. The normalized spacial score (nSPS) is 20.6. The summed E-state index contributed by atoms with van der Waals surface area (Å²) in [6, 6.07) is 2.82. The molecule has 2 N–H and O–H groups in total. The van der Waals surface area contributed by atoms with E-state index >= 15 is 0 Å². The molecule has 3 amide bonds. The second kappa shape index (κ2) is 4.34. The van der Waals surface area contributed by atoms with Crippen LogP contribution in [0.5, 0.6) is 0 Å². The number of carbonyl (C=O) groups is 3. The lowest BCUT2D eigenvalue weighted by Crippen LogP contribution is -2.57. The summed E-state index contributed by atoms with van der Waals surface area (Å²) in [7, 11) is 2.78. The number of Topliss-reactive ketones (excluding diaryl/α,β-unsaturated/α-hetero) is 1. The molecule has 0 radical (unpaired) electrons. The maximum absolute atomic E-state index is 12.2. The van der Waals surface area contributed by atoms with Gasteiger partial charge in [0.1, 0.15) is 0 Å². The summed E-state index contributed by atoms with van der Waals surface area (Å²) >= 11 is 1.24. The number of nitrogens with zero attached hydrogens (tertiary/aromatic N) is 2. The summed E-state index contributed by atoms with van der Waals surface area (Å²) in [6.07, 6.45) is 0. The van der Waals surface area contributed by atoms with Crippen LogP contribution >= 0.6 is 11.3 Å². The Hall–Kier alpha value is -2.02. The molecule has 6 nitrogen and oxygen atoms in total. The van der Waals surface area contributed by atoms with Crippen molar-refractivity contribution in [3.8, 4) is 0 Å². The smallest absolute Gasteiger partial charge is 0.321 e. The monoisotopic (exact) mass is 266 g/mol. The fourth-order valence-electron chi connectivity index (χ4n) is 1.75. The first-order valence-electron chi connectivity index (χ1n) is 5.20. The third-order valence-corrected chi connectivity index (χ3v) is 3.75. The highest BCUT2D eigenvalue weighted by Crippen LogP contribution is 2.19. The van der Waals surface area contributed by atoms with Gasteiger partial charge in [0.2, 0.25) is 11.8 Å². The van der Waals surface area contributed by atoms with Gasteiger partial charge in [-0.1, -0.05) is 6.07 Å². The number of hydrogen-bond acceptors (Lipinski definition) is 5. The first kappa shape index (κ1) is 12.4. The number of amides is 3. The number of hydrogen-bond donors (Lipinski definition) is 1. The van der Waals surface area contributed by atoms with Gasteiger partial charge in [0.05, 0.1) is 19.0 Å². The second-order valence-electron chi connectivity index (χ2n) is 3.94. The van der Waals surface area contributed by atoms with Crippen LogP contribution in [0.3, 0.4) is 0 Å². The highest BCUT2D eigenvalue weighted by Gasteiger charge is 2.46. The molecule has 0 saturated carbocycles. The van der Waals surface area contributed by atoms with Crippen molar-refractivity contribution in [3.63, 3.8) is 0 Å². The van der Waals surface area contributed by atoms with Gasteiger partial charge in [-0.25, -0.2) is 9.37 Å². The Bertz CT molecular complexity index is 562. The maximum Gasteiger partial charge on any atom is 0.445 e.